The van der Waals surface area contributed by atoms with E-state index in [9.17, 15) is 0 Å². The van der Waals surface area contributed by atoms with Crippen molar-refractivity contribution in [3.63, 3.8) is 0 Å². The minimum absolute atomic E-state index is 0.0991. The zero-order valence-electron chi connectivity index (χ0n) is 29.2. The fourth-order valence-corrected chi connectivity index (χ4v) is 160. The van der Waals surface area contributed by atoms with Gasteiger partial charge in [-0.15, -0.1) is 0 Å². The van der Waals surface area contributed by atoms with Crippen LogP contribution in [0.2, 0.25) is 28.9 Å². The van der Waals surface area contributed by atoms with Crippen LogP contribution in [-0.4, -0.2) is 92.2 Å². The van der Waals surface area contributed by atoms with Crippen molar-refractivity contribution in [1.29, 1.82) is 0 Å². The average Bonchev–Trinajstić information content (AvgIpc) is 3.11. The van der Waals surface area contributed by atoms with Gasteiger partial charge >= 0.3 is 330 Å². The fraction of sp³-hybridized carbons (Fsp3) is 1.00. The summed E-state index contributed by atoms with van der Waals surface area (Å²) in [5.74, 6) is 0. The molecule has 0 radical (unpaired) electrons. The van der Waals surface area contributed by atoms with Gasteiger partial charge in [0.15, 0.2) is 0 Å². The van der Waals surface area contributed by atoms with E-state index in [1.807, 2.05) is 0 Å². The predicted octanol–water partition coefficient (Wildman–Crippen LogP) is 13.1. The van der Waals surface area contributed by atoms with Gasteiger partial charge < -0.3 is 0 Å². The molecule has 0 nitrogen and oxygen atoms in total. The third kappa shape index (κ3) is 13.9. The minimum atomic E-state index is -0.0991. The first-order chi connectivity index (χ1) is 22.8. The molecule has 266 valence electrons. The predicted molar refractivity (Wildman–Crippen MR) is 224 cm³/mol. The molecule has 46 heavy (non-hydrogen) atoms. The van der Waals surface area contributed by atoms with Crippen LogP contribution in [0.25, 0.3) is 0 Å². The van der Waals surface area contributed by atoms with E-state index >= 15 is 0 Å². The molecule has 0 aromatic rings. The van der Waals surface area contributed by atoms with Gasteiger partial charge in [-0.3, -0.25) is 0 Å². The van der Waals surface area contributed by atoms with Crippen molar-refractivity contribution >= 4 is 103 Å². The number of hydrogen-bond acceptors (Lipinski definition) is 0. The summed E-state index contributed by atoms with van der Waals surface area (Å²) in [6.45, 7) is 0. The first kappa shape index (κ1) is 40.1. The molecule has 0 aromatic heterocycles. The van der Waals surface area contributed by atoms with E-state index in [0.717, 1.165) is 87.1 Å². The SMILES string of the molecule is C1CCC([Se][PH+]([Se]C2CCCCC2)C([PH+]([Se]C2CCCCC2)[Se]C2CCCCC2)[PH+]([Se]C2CCCCC2)[Se]C2CCCCC2)CC1. The topological polar surface area (TPSA) is 0 Å². The quantitative estimate of drug-likeness (QED) is 0.113. The average molecular weight is 1080 g/mol. The van der Waals surface area contributed by atoms with Crippen LogP contribution in [-0.2, 0) is 0 Å². The van der Waals surface area contributed by atoms with E-state index < -0.39 is 0 Å². The van der Waals surface area contributed by atoms with E-state index in [4.69, 9.17) is 0 Å². The summed E-state index contributed by atoms with van der Waals surface area (Å²) >= 11 is 6.64. The normalized spacial score (nSPS) is 26.6. The molecule has 6 fully saturated rings. The molecule has 0 aromatic carbocycles. The second-order valence-electron chi connectivity index (χ2n) is 15.7. The third-order valence-corrected chi connectivity index (χ3v) is 93.7. The van der Waals surface area contributed by atoms with Crippen molar-refractivity contribution in [1.82, 2.24) is 0 Å². The Kier molecular flexibility index (Phi) is 20.3. The molecule has 6 rings (SSSR count). The second kappa shape index (κ2) is 23.4. The van der Waals surface area contributed by atoms with Crippen LogP contribution in [0, 0.1) is 0 Å². The molecule has 0 bridgehead atoms. The van der Waals surface area contributed by atoms with Crippen molar-refractivity contribution in [2.75, 3.05) is 0 Å². The van der Waals surface area contributed by atoms with E-state index in [-0.39, 0.29) is 15.9 Å². The molecule has 0 aliphatic heterocycles. The van der Waals surface area contributed by atoms with Crippen molar-refractivity contribution < 1.29 is 0 Å². The first-order valence-electron chi connectivity index (χ1n) is 20.4. The molecule has 0 saturated heterocycles. The molecule has 9 heteroatoms. The monoisotopic (exact) mass is 1090 g/mol. The molecule has 0 N–H and O–H groups in total. The Morgan fingerprint density at radius 2 is 0.391 bits per heavy atom. The Balaban J connectivity index is 1.34. The van der Waals surface area contributed by atoms with Crippen molar-refractivity contribution in [3.8, 4) is 0 Å². The van der Waals surface area contributed by atoms with Crippen LogP contribution < -0.4 is 0 Å². The summed E-state index contributed by atoms with van der Waals surface area (Å²) in [4.78, 5) is 7.52. The van der Waals surface area contributed by atoms with Crippen LogP contribution in [0.4, 0.5) is 0 Å². The van der Waals surface area contributed by atoms with Crippen molar-refractivity contribution in [3.05, 3.63) is 0 Å². The van der Waals surface area contributed by atoms with E-state index in [1.54, 1.807) is 193 Å². The van der Waals surface area contributed by atoms with Crippen molar-refractivity contribution in [2.45, 2.75) is 227 Å². The zero-order valence-corrected chi connectivity index (χ0v) is 42.5. The Hall–Kier alpha value is 4.41. The summed E-state index contributed by atoms with van der Waals surface area (Å²) in [5.41, 5.74) is 0. The summed E-state index contributed by atoms with van der Waals surface area (Å²) in [5, 5.41) is 1.24. The number of hydrogen-bond donors (Lipinski definition) is 0. The van der Waals surface area contributed by atoms with Crippen LogP contribution in [0.15, 0.2) is 0 Å². The Morgan fingerprint density at radius 1 is 0.239 bits per heavy atom. The van der Waals surface area contributed by atoms with Gasteiger partial charge in [0.25, 0.3) is 0 Å². The molecule has 0 atom stereocenters. The molecule has 0 spiro atoms. The Bertz CT molecular complexity index is 638. The van der Waals surface area contributed by atoms with Crippen molar-refractivity contribution in [2.24, 2.45) is 0 Å². The molecule has 0 amide bonds. The molecular weight excluding hydrogens is 1010 g/mol. The molecule has 6 aliphatic carbocycles. The maximum atomic E-state index is 1.69. The molecule has 6 saturated carbocycles. The Morgan fingerprint density at radius 3 is 0.543 bits per heavy atom. The molecular formula is C37H70P3Se6+3. The van der Waals surface area contributed by atoms with Gasteiger partial charge in [0, 0.05) is 0 Å². The summed E-state index contributed by atoms with van der Waals surface area (Å²) < 4.78 is 0. The van der Waals surface area contributed by atoms with E-state index in [1.165, 1.54) is 34.0 Å². The number of rotatable bonds is 15. The summed E-state index contributed by atoms with van der Waals surface area (Å²) in [6.07, 6.45) is 49.2. The standard InChI is InChI=1S/C37H67P3Se6/c1-7-19-31(20-8-1)41-38(42-32-21-9-2-10-22-32)37(39(43-33-23-11-3-12-24-33)44-34-25-13-4-14-26-34)40(45-35-27-15-5-16-28-35)46-36-29-17-6-18-30-36/h31-37H,1-30H2/p+3. The van der Waals surface area contributed by atoms with Gasteiger partial charge in [-0.2, -0.15) is 0 Å². The second-order valence-corrected chi connectivity index (χ2v) is 68.1. The van der Waals surface area contributed by atoms with Gasteiger partial charge in [0.2, 0.25) is 0 Å². The van der Waals surface area contributed by atoms with Gasteiger partial charge in [-0.05, 0) is 0 Å². The molecule has 0 unspecified atom stereocenters. The zero-order chi connectivity index (χ0) is 31.2. The molecule has 0 heterocycles. The summed E-state index contributed by atoms with van der Waals surface area (Å²) in [6, 6.07) is 0. The summed E-state index contributed by atoms with van der Waals surface area (Å²) in [7, 11) is 0. The van der Waals surface area contributed by atoms with Gasteiger partial charge in [0.1, 0.15) is 0 Å². The van der Waals surface area contributed by atoms with Gasteiger partial charge in [-0.25, -0.2) is 0 Å². The van der Waals surface area contributed by atoms with Gasteiger partial charge in [0.05, 0.1) is 0 Å². The van der Waals surface area contributed by atoms with E-state index in [0.29, 0.717) is 0 Å². The van der Waals surface area contributed by atoms with Gasteiger partial charge in [-0.1, -0.05) is 0 Å². The van der Waals surface area contributed by atoms with Crippen LogP contribution in [0.3, 0.4) is 0 Å². The Labute approximate surface area is 326 Å². The van der Waals surface area contributed by atoms with Crippen LogP contribution >= 0.6 is 15.9 Å². The van der Waals surface area contributed by atoms with Crippen LogP contribution in [0.1, 0.15) is 193 Å². The van der Waals surface area contributed by atoms with Crippen LogP contribution in [0.5, 0.6) is 0 Å². The third-order valence-electron chi connectivity index (χ3n) is 11.7. The first-order valence-corrected chi connectivity index (χ1v) is 45.9. The molecule has 6 aliphatic rings. The maximum absolute atomic E-state index is 1.69. The fourth-order valence-electron chi connectivity index (χ4n) is 8.86. The van der Waals surface area contributed by atoms with E-state index in [2.05, 4.69) is 0 Å².